The van der Waals surface area contributed by atoms with Crippen molar-refractivity contribution >= 4 is 11.6 Å². The molecule has 1 aromatic rings. The second-order valence-electron chi connectivity index (χ2n) is 6.68. The normalized spacial score (nSPS) is 26.6. The largest absolute Gasteiger partial charge is 0.385 e. The number of hydrogen-bond donors (Lipinski definition) is 3. The highest BCUT2D eigenvalue weighted by Crippen LogP contribution is 2.32. The molecule has 4 heteroatoms. The standard InChI is InChI=1S/C18H27N3O/c22-18(13-14-11-16-7-8-17(12-14)21-16)20-10-4-9-19-15-5-2-1-3-6-15/h1-3,5-6,14,16-17,19,21H,4,7-13H2,(H,20,22). The Balaban J connectivity index is 1.27. The van der Waals surface area contributed by atoms with Gasteiger partial charge in [0.1, 0.15) is 0 Å². The summed E-state index contributed by atoms with van der Waals surface area (Å²) in [6.45, 7) is 1.65. The summed E-state index contributed by atoms with van der Waals surface area (Å²) in [5.41, 5.74) is 1.14. The van der Waals surface area contributed by atoms with E-state index in [0.717, 1.165) is 25.2 Å². The topological polar surface area (TPSA) is 53.2 Å². The Bertz CT molecular complexity index is 464. The number of para-hydroxylation sites is 1. The summed E-state index contributed by atoms with van der Waals surface area (Å²) in [5, 5.41) is 10.1. The van der Waals surface area contributed by atoms with Crippen molar-refractivity contribution in [2.45, 2.75) is 50.6 Å². The van der Waals surface area contributed by atoms with Crippen LogP contribution >= 0.6 is 0 Å². The van der Waals surface area contributed by atoms with Gasteiger partial charge in [0.15, 0.2) is 0 Å². The second kappa shape index (κ2) is 7.63. The number of carbonyl (C=O) groups is 1. The molecule has 0 radical (unpaired) electrons. The molecule has 22 heavy (non-hydrogen) atoms. The van der Waals surface area contributed by atoms with Crippen LogP contribution in [0.25, 0.3) is 0 Å². The minimum Gasteiger partial charge on any atom is -0.385 e. The quantitative estimate of drug-likeness (QED) is 0.678. The van der Waals surface area contributed by atoms with Gasteiger partial charge in [-0.2, -0.15) is 0 Å². The third-order valence-electron chi connectivity index (χ3n) is 4.82. The first-order valence-electron chi connectivity index (χ1n) is 8.61. The molecule has 1 amide bonds. The number of piperidine rings is 1. The van der Waals surface area contributed by atoms with Gasteiger partial charge in [0.05, 0.1) is 0 Å². The first kappa shape index (κ1) is 15.3. The number of hydrogen-bond acceptors (Lipinski definition) is 3. The average molecular weight is 301 g/mol. The molecule has 2 fully saturated rings. The number of benzene rings is 1. The zero-order chi connectivity index (χ0) is 15.2. The Morgan fingerprint density at radius 3 is 2.55 bits per heavy atom. The van der Waals surface area contributed by atoms with Gasteiger partial charge in [-0.25, -0.2) is 0 Å². The lowest BCUT2D eigenvalue weighted by molar-refractivity contribution is -0.122. The smallest absolute Gasteiger partial charge is 0.220 e. The van der Waals surface area contributed by atoms with E-state index in [0.29, 0.717) is 24.4 Å². The van der Waals surface area contributed by atoms with Crippen LogP contribution in [0.4, 0.5) is 5.69 Å². The van der Waals surface area contributed by atoms with Crippen LogP contribution in [-0.4, -0.2) is 31.1 Å². The lowest BCUT2D eigenvalue weighted by atomic mass is 9.89. The summed E-state index contributed by atoms with van der Waals surface area (Å²) >= 11 is 0. The molecule has 2 atom stereocenters. The molecule has 120 valence electrons. The molecule has 0 aliphatic carbocycles. The van der Waals surface area contributed by atoms with Crippen molar-refractivity contribution in [3.63, 3.8) is 0 Å². The summed E-state index contributed by atoms with van der Waals surface area (Å²) in [5.74, 6) is 0.812. The fourth-order valence-electron chi connectivity index (χ4n) is 3.78. The highest BCUT2D eigenvalue weighted by molar-refractivity contribution is 5.76. The van der Waals surface area contributed by atoms with Gasteiger partial charge < -0.3 is 16.0 Å². The molecule has 3 rings (SSSR count). The fraction of sp³-hybridized carbons (Fsp3) is 0.611. The van der Waals surface area contributed by atoms with Gasteiger partial charge in [-0.15, -0.1) is 0 Å². The van der Waals surface area contributed by atoms with Crippen LogP contribution in [-0.2, 0) is 4.79 Å². The highest BCUT2D eigenvalue weighted by atomic mass is 16.1. The number of fused-ring (bicyclic) bond motifs is 2. The van der Waals surface area contributed by atoms with Crippen molar-refractivity contribution in [1.29, 1.82) is 0 Å². The summed E-state index contributed by atoms with van der Waals surface area (Å²) in [7, 11) is 0. The van der Waals surface area contributed by atoms with Crippen LogP contribution in [0, 0.1) is 5.92 Å². The molecule has 2 saturated heterocycles. The number of rotatable bonds is 7. The molecular formula is C18H27N3O. The maximum absolute atomic E-state index is 12.0. The van der Waals surface area contributed by atoms with E-state index in [4.69, 9.17) is 0 Å². The van der Waals surface area contributed by atoms with Crippen molar-refractivity contribution in [3.05, 3.63) is 30.3 Å². The van der Waals surface area contributed by atoms with Crippen LogP contribution < -0.4 is 16.0 Å². The van der Waals surface area contributed by atoms with Gasteiger partial charge >= 0.3 is 0 Å². The molecule has 0 aromatic heterocycles. The van der Waals surface area contributed by atoms with Gasteiger partial charge in [0, 0.05) is 37.3 Å². The SMILES string of the molecule is O=C(CC1CC2CCC(C1)N2)NCCCNc1ccccc1. The van der Waals surface area contributed by atoms with Gasteiger partial charge in [0.25, 0.3) is 0 Å². The van der Waals surface area contributed by atoms with Crippen molar-refractivity contribution in [1.82, 2.24) is 10.6 Å². The van der Waals surface area contributed by atoms with E-state index >= 15 is 0 Å². The van der Waals surface area contributed by atoms with E-state index in [-0.39, 0.29) is 5.91 Å². The maximum atomic E-state index is 12.0. The Kier molecular flexibility index (Phi) is 5.33. The third-order valence-corrected chi connectivity index (χ3v) is 4.82. The number of anilines is 1. The zero-order valence-corrected chi connectivity index (χ0v) is 13.2. The Labute approximate surface area is 133 Å². The second-order valence-corrected chi connectivity index (χ2v) is 6.68. The van der Waals surface area contributed by atoms with Crippen molar-refractivity contribution in [2.24, 2.45) is 5.92 Å². The van der Waals surface area contributed by atoms with Crippen molar-refractivity contribution in [2.75, 3.05) is 18.4 Å². The van der Waals surface area contributed by atoms with Crippen LogP contribution in [0.2, 0.25) is 0 Å². The first-order chi connectivity index (χ1) is 10.8. The predicted molar refractivity (Wildman–Crippen MR) is 89.8 cm³/mol. The first-order valence-corrected chi connectivity index (χ1v) is 8.61. The van der Waals surface area contributed by atoms with Crippen molar-refractivity contribution < 1.29 is 4.79 Å². The van der Waals surface area contributed by atoms with Crippen molar-refractivity contribution in [3.8, 4) is 0 Å². The minimum absolute atomic E-state index is 0.228. The number of amides is 1. The highest BCUT2D eigenvalue weighted by Gasteiger charge is 2.33. The van der Waals surface area contributed by atoms with E-state index in [1.165, 1.54) is 25.7 Å². The lowest BCUT2D eigenvalue weighted by Gasteiger charge is -2.28. The van der Waals surface area contributed by atoms with Gasteiger partial charge in [0.2, 0.25) is 5.91 Å². The summed E-state index contributed by atoms with van der Waals surface area (Å²) in [4.78, 5) is 12.0. The maximum Gasteiger partial charge on any atom is 0.220 e. The van der Waals surface area contributed by atoms with E-state index in [2.05, 4.69) is 28.1 Å². The third kappa shape index (κ3) is 4.47. The minimum atomic E-state index is 0.228. The fourth-order valence-corrected chi connectivity index (χ4v) is 3.78. The average Bonchev–Trinajstić information content (AvgIpc) is 2.87. The van der Waals surface area contributed by atoms with Crippen LogP contribution in [0.15, 0.2) is 30.3 Å². The molecule has 0 saturated carbocycles. The zero-order valence-electron chi connectivity index (χ0n) is 13.2. The summed E-state index contributed by atoms with van der Waals surface area (Å²) in [6, 6.07) is 11.5. The molecule has 4 nitrogen and oxygen atoms in total. The molecule has 2 unspecified atom stereocenters. The van der Waals surface area contributed by atoms with E-state index in [1.54, 1.807) is 0 Å². The Hall–Kier alpha value is -1.55. The number of nitrogens with one attached hydrogen (secondary N) is 3. The van der Waals surface area contributed by atoms with Gasteiger partial charge in [-0.3, -0.25) is 4.79 Å². The predicted octanol–water partition coefficient (Wildman–Crippen LogP) is 2.53. The summed E-state index contributed by atoms with van der Waals surface area (Å²) < 4.78 is 0. The van der Waals surface area contributed by atoms with Gasteiger partial charge in [-0.05, 0) is 50.2 Å². The molecule has 2 bridgehead atoms. The van der Waals surface area contributed by atoms with E-state index < -0.39 is 0 Å². The van der Waals surface area contributed by atoms with Crippen LogP contribution in [0.1, 0.15) is 38.5 Å². The molecule has 2 heterocycles. The monoisotopic (exact) mass is 301 g/mol. The van der Waals surface area contributed by atoms with Crippen LogP contribution in [0.5, 0.6) is 0 Å². The van der Waals surface area contributed by atoms with Gasteiger partial charge in [-0.1, -0.05) is 18.2 Å². The molecular weight excluding hydrogens is 274 g/mol. The van der Waals surface area contributed by atoms with E-state index in [9.17, 15) is 4.79 Å². The van der Waals surface area contributed by atoms with E-state index in [1.807, 2.05) is 18.2 Å². The van der Waals surface area contributed by atoms with Crippen LogP contribution in [0.3, 0.4) is 0 Å². The molecule has 2 aliphatic rings. The molecule has 0 spiro atoms. The number of carbonyl (C=O) groups excluding carboxylic acids is 1. The molecule has 3 N–H and O–H groups in total. The summed E-state index contributed by atoms with van der Waals surface area (Å²) in [6.07, 6.45) is 6.62. The molecule has 2 aliphatic heterocycles. The molecule has 1 aromatic carbocycles. The lowest BCUT2D eigenvalue weighted by Crippen LogP contribution is -2.39. The Morgan fingerprint density at radius 2 is 1.82 bits per heavy atom. The Morgan fingerprint density at radius 1 is 1.09 bits per heavy atom.